The number of pyridine rings is 2. The van der Waals surface area contributed by atoms with Gasteiger partial charge in [-0.15, -0.1) is 0 Å². The number of aromatic nitrogens is 2. The lowest BCUT2D eigenvalue weighted by Gasteiger charge is -2.12. The fourth-order valence-electron chi connectivity index (χ4n) is 3.11. The van der Waals surface area contributed by atoms with E-state index in [1.807, 2.05) is 0 Å². The van der Waals surface area contributed by atoms with Gasteiger partial charge in [0, 0.05) is 0 Å². The van der Waals surface area contributed by atoms with Gasteiger partial charge in [-0.3, -0.25) is 0 Å². The summed E-state index contributed by atoms with van der Waals surface area (Å²) in [5.41, 5.74) is -2.86. The van der Waals surface area contributed by atoms with Crippen molar-refractivity contribution in [3.05, 3.63) is 93.6 Å². The number of hydrogen-bond donors (Lipinski definition) is 0. The maximum atomic E-state index is 14.3. The van der Waals surface area contributed by atoms with Gasteiger partial charge in [-0.2, -0.15) is 27.5 Å². The summed E-state index contributed by atoms with van der Waals surface area (Å²) in [6.45, 7) is 0. The number of nitrogens with zero attached hydrogens (tertiary/aromatic N) is 2. The normalized spacial score (nSPS) is 14.3. The van der Waals surface area contributed by atoms with Crippen molar-refractivity contribution in [1.29, 1.82) is 0 Å². The largest absolute Gasteiger partial charge is 0.252 e. The zero-order valence-electron chi connectivity index (χ0n) is 14.4. The molecule has 0 unspecified atom stereocenters. The molecule has 0 aliphatic heterocycles. The molecule has 1 aliphatic carbocycles. The molecule has 0 saturated carbocycles. The first kappa shape index (κ1) is 19.7. The van der Waals surface area contributed by atoms with Crippen LogP contribution < -0.4 is 0 Å². The van der Waals surface area contributed by atoms with Gasteiger partial charge in [-0.1, -0.05) is 24.3 Å². The molecule has 0 N–H and O–H groups in total. The lowest BCUT2D eigenvalue weighted by atomic mass is 9.95. The predicted octanol–water partition coefficient (Wildman–Crippen LogP) is 5.68. The first-order chi connectivity index (χ1) is 14.2. The fourth-order valence-corrected chi connectivity index (χ4v) is 3.11. The second kappa shape index (κ2) is 7.05. The Hall–Kier alpha value is -3.56. The number of rotatable bonds is 2. The van der Waals surface area contributed by atoms with Crippen molar-refractivity contribution in [2.24, 2.45) is 0 Å². The molecule has 30 heavy (non-hydrogen) atoms. The topological polar surface area (TPSA) is 25.8 Å². The number of fused-ring (bicyclic) bond motifs is 1. The molecule has 152 valence electrons. The number of hydrogen-bond acceptors (Lipinski definition) is 2. The van der Waals surface area contributed by atoms with E-state index in [0.29, 0.717) is 6.08 Å². The van der Waals surface area contributed by atoms with Gasteiger partial charge in [0.25, 0.3) is 23.8 Å². The molecule has 2 aromatic heterocycles. The Bertz CT molecular complexity index is 1230. The van der Waals surface area contributed by atoms with Gasteiger partial charge in [0.2, 0.25) is 0 Å². The van der Waals surface area contributed by atoms with Crippen LogP contribution in [0.3, 0.4) is 0 Å². The van der Waals surface area contributed by atoms with Crippen LogP contribution in [0, 0.1) is 47.1 Å². The third-order valence-electron chi connectivity index (χ3n) is 4.43. The average Bonchev–Trinajstić information content (AvgIpc) is 3.06. The minimum atomic E-state index is -1.95. The molecule has 10 heteroatoms. The van der Waals surface area contributed by atoms with Crippen LogP contribution in [0.5, 0.6) is 0 Å². The molecule has 0 fully saturated rings. The monoisotopic (exact) mass is 426 g/mol. The third-order valence-corrected chi connectivity index (χ3v) is 4.43. The van der Waals surface area contributed by atoms with Gasteiger partial charge in [-0.05, 0) is 34.4 Å². The fraction of sp³-hybridized carbons (Fsp3) is 0. The molecule has 2 heterocycles. The summed E-state index contributed by atoms with van der Waals surface area (Å²) in [5.74, 6) is -15.2. The minimum Gasteiger partial charge on any atom is -0.201 e. The highest BCUT2D eigenvalue weighted by atomic mass is 19.2. The van der Waals surface area contributed by atoms with Crippen LogP contribution >= 0.6 is 0 Å². The van der Waals surface area contributed by atoms with Gasteiger partial charge >= 0.3 is 0 Å². The van der Waals surface area contributed by atoms with Crippen molar-refractivity contribution < 1.29 is 35.1 Å². The Balaban J connectivity index is 2.05. The second-order valence-corrected chi connectivity index (χ2v) is 6.13. The average molecular weight is 426 g/mol. The van der Waals surface area contributed by atoms with E-state index < -0.39 is 63.8 Å². The zero-order valence-corrected chi connectivity index (χ0v) is 14.4. The molecule has 1 aromatic carbocycles. The first-order valence-electron chi connectivity index (χ1n) is 8.14. The molecule has 0 bridgehead atoms. The lowest BCUT2D eigenvalue weighted by Crippen LogP contribution is -2.06. The lowest BCUT2D eigenvalue weighted by molar-refractivity contribution is 0.404. The Morgan fingerprint density at radius 3 is 1.70 bits per heavy atom. The highest BCUT2D eigenvalue weighted by Gasteiger charge is 2.30. The van der Waals surface area contributed by atoms with E-state index in [0.717, 1.165) is 6.08 Å². The minimum absolute atomic E-state index is 0.139. The van der Waals surface area contributed by atoms with Gasteiger partial charge in [0.1, 0.15) is 0 Å². The van der Waals surface area contributed by atoms with E-state index in [1.54, 1.807) is 0 Å². The predicted molar refractivity (Wildman–Crippen MR) is 90.3 cm³/mol. The summed E-state index contributed by atoms with van der Waals surface area (Å²) in [4.78, 5) is 4.88. The Morgan fingerprint density at radius 2 is 1.13 bits per heavy atom. The molecule has 1 aliphatic rings. The van der Waals surface area contributed by atoms with Crippen molar-refractivity contribution in [2.75, 3.05) is 0 Å². The van der Waals surface area contributed by atoms with Crippen LogP contribution in [0.15, 0.2) is 24.3 Å². The highest BCUT2D eigenvalue weighted by Crippen LogP contribution is 2.44. The molecule has 0 spiro atoms. The molecule has 2 nitrogen and oxygen atoms in total. The van der Waals surface area contributed by atoms with E-state index in [-0.39, 0.29) is 16.7 Å². The van der Waals surface area contributed by atoms with E-state index in [1.165, 1.54) is 24.3 Å². The highest BCUT2D eigenvalue weighted by molar-refractivity contribution is 6.21. The van der Waals surface area contributed by atoms with Crippen molar-refractivity contribution in [2.45, 2.75) is 0 Å². The van der Waals surface area contributed by atoms with Crippen molar-refractivity contribution in [3.63, 3.8) is 0 Å². The number of halogens is 8. The zero-order chi connectivity index (χ0) is 21.7. The summed E-state index contributed by atoms with van der Waals surface area (Å²) in [6, 6.07) is 5.80. The van der Waals surface area contributed by atoms with Crippen molar-refractivity contribution >= 4 is 23.3 Å². The maximum Gasteiger partial charge on any atom is 0.252 e. The first-order valence-corrected chi connectivity index (χ1v) is 8.14. The summed E-state index contributed by atoms with van der Waals surface area (Å²) >= 11 is 0. The van der Waals surface area contributed by atoms with Crippen molar-refractivity contribution in [1.82, 2.24) is 9.97 Å². The summed E-state index contributed by atoms with van der Waals surface area (Å²) in [5, 5.41) is 0. The van der Waals surface area contributed by atoms with Gasteiger partial charge in [0.05, 0.1) is 11.1 Å². The quantitative estimate of drug-likeness (QED) is 0.389. The van der Waals surface area contributed by atoms with Gasteiger partial charge < -0.3 is 0 Å². The van der Waals surface area contributed by atoms with Crippen LogP contribution in [-0.2, 0) is 0 Å². The van der Waals surface area contributed by atoms with E-state index in [9.17, 15) is 35.1 Å². The van der Waals surface area contributed by atoms with Gasteiger partial charge in [0.15, 0.2) is 23.3 Å². The van der Waals surface area contributed by atoms with Crippen LogP contribution in [0.25, 0.3) is 23.3 Å². The molecule has 3 aromatic rings. The van der Waals surface area contributed by atoms with E-state index >= 15 is 0 Å². The van der Waals surface area contributed by atoms with Gasteiger partial charge in [-0.25, -0.2) is 17.6 Å². The molecular formula is C20H6F8N2. The molecular weight excluding hydrogens is 420 g/mol. The Kier molecular flexibility index (Phi) is 4.64. The Labute approximate surface area is 162 Å². The molecule has 4 rings (SSSR count). The van der Waals surface area contributed by atoms with Crippen LogP contribution in [0.2, 0.25) is 0 Å². The van der Waals surface area contributed by atoms with Crippen molar-refractivity contribution in [3.8, 4) is 0 Å². The smallest absolute Gasteiger partial charge is 0.201 e. The summed E-state index contributed by atoms with van der Waals surface area (Å²) in [7, 11) is 0. The third kappa shape index (κ3) is 2.95. The molecule has 0 amide bonds. The maximum absolute atomic E-state index is 14.3. The number of benzene rings is 1. The summed E-state index contributed by atoms with van der Waals surface area (Å²) in [6.07, 6.45) is 1.68. The van der Waals surface area contributed by atoms with Crippen LogP contribution in [-0.4, -0.2) is 9.97 Å². The summed E-state index contributed by atoms with van der Waals surface area (Å²) < 4.78 is 111. The number of allylic oxidation sites excluding steroid dienone is 2. The SMILES string of the molecule is Fc1nc(F)c(F)c(/C=C2/C(c3c(F)c(F)nc(F)c3F)=Cc3ccccc32)c1F. The second-order valence-electron chi connectivity index (χ2n) is 6.13. The molecule has 0 radical (unpaired) electrons. The van der Waals surface area contributed by atoms with Crippen LogP contribution in [0.1, 0.15) is 22.3 Å². The molecule has 0 atom stereocenters. The standard InChI is InChI=1S/C20H6F8N2/c21-13-11(14(22)18(26)29-17(13)25)6-9-8-4-2-1-3-7(8)5-10(9)12-15(23)19(27)30-20(28)16(12)24/h1-6H/b9-6+. The Morgan fingerprint density at radius 1 is 0.633 bits per heavy atom. The van der Waals surface area contributed by atoms with Crippen LogP contribution in [0.4, 0.5) is 35.1 Å². The molecule has 0 saturated heterocycles. The van der Waals surface area contributed by atoms with E-state index in [4.69, 9.17) is 0 Å². The van der Waals surface area contributed by atoms with E-state index in [2.05, 4.69) is 9.97 Å².